The molecule has 0 aromatic heterocycles. The molecule has 0 radical (unpaired) electrons. The SMILES string of the molecule is C[C@@H]1C[C@@H]1C(=O)Nc1ccc(F)c(NS(C)(=O)=O)c1. The first kappa shape index (κ1) is 13.8. The molecule has 19 heavy (non-hydrogen) atoms. The molecule has 0 saturated heterocycles. The first-order valence-corrected chi connectivity index (χ1v) is 7.73. The van der Waals surface area contributed by atoms with Crippen molar-refractivity contribution < 1.29 is 17.6 Å². The highest BCUT2D eigenvalue weighted by molar-refractivity contribution is 7.92. The first-order chi connectivity index (χ1) is 8.76. The van der Waals surface area contributed by atoms with Gasteiger partial charge in [0.2, 0.25) is 15.9 Å². The quantitative estimate of drug-likeness (QED) is 0.886. The third kappa shape index (κ3) is 3.66. The number of carbonyl (C=O) groups is 1. The highest BCUT2D eigenvalue weighted by Gasteiger charge is 2.39. The van der Waals surface area contributed by atoms with Gasteiger partial charge < -0.3 is 5.32 Å². The Morgan fingerprint density at radius 1 is 1.42 bits per heavy atom. The van der Waals surface area contributed by atoms with Gasteiger partial charge in [0.15, 0.2) is 0 Å². The van der Waals surface area contributed by atoms with Gasteiger partial charge in [-0.05, 0) is 30.5 Å². The van der Waals surface area contributed by atoms with Crippen molar-refractivity contribution in [3.63, 3.8) is 0 Å². The molecule has 1 amide bonds. The van der Waals surface area contributed by atoms with Gasteiger partial charge in [-0.2, -0.15) is 0 Å². The van der Waals surface area contributed by atoms with Crippen LogP contribution in [0, 0.1) is 17.7 Å². The summed E-state index contributed by atoms with van der Waals surface area (Å²) in [5, 5.41) is 2.65. The van der Waals surface area contributed by atoms with E-state index < -0.39 is 15.8 Å². The van der Waals surface area contributed by atoms with E-state index in [9.17, 15) is 17.6 Å². The Hall–Kier alpha value is -1.63. The fraction of sp³-hybridized carbons (Fsp3) is 0.417. The van der Waals surface area contributed by atoms with Crippen LogP contribution in [0.3, 0.4) is 0 Å². The van der Waals surface area contributed by atoms with Gasteiger partial charge >= 0.3 is 0 Å². The van der Waals surface area contributed by atoms with Crippen LogP contribution in [-0.4, -0.2) is 20.6 Å². The molecule has 2 atom stereocenters. The van der Waals surface area contributed by atoms with E-state index in [1.807, 2.05) is 6.92 Å². The lowest BCUT2D eigenvalue weighted by atomic mass is 10.2. The molecule has 0 spiro atoms. The van der Waals surface area contributed by atoms with Crippen LogP contribution in [0.5, 0.6) is 0 Å². The van der Waals surface area contributed by atoms with Crippen molar-refractivity contribution in [1.29, 1.82) is 0 Å². The van der Waals surface area contributed by atoms with Gasteiger partial charge in [0, 0.05) is 11.6 Å². The normalized spacial score (nSPS) is 21.8. The average molecular weight is 286 g/mol. The molecule has 0 aliphatic heterocycles. The van der Waals surface area contributed by atoms with E-state index in [2.05, 4.69) is 10.0 Å². The summed E-state index contributed by atoms with van der Waals surface area (Å²) < 4.78 is 37.7. The smallest absolute Gasteiger partial charge is 0.229 e. The summed E-state index contributed by atoms with van der Waals surface area (Å²) >= 11 is 0. The van der Waals surface area contributed by atoms with E-state index in [-0.39, 0.29) is 17.5 Å². The molecule has 104 valence electrons. The topological polar surface area (TPSA) is 75.3 Å². The van der Waals surface area contributed by atoms with Gasteiger partial charge in [-0.15, -0.1) is 0 Å². The summed E-state index contributed by atoms with van der Waals surface area (Å²) in [6, 6.07) is 3.77. The first-order valence-electron chi connectivity index (χ1n) is 5.84. The van der Waals surface area contributed by atoms with E-state index >= 15 is 0 Å². The van der Waals surface area contributed by atoms with Crippen molar-refractivity contribution in [3.8, 4) is 0 Å². The summed E-state index contributed by atoms with van der Waals surface area (Å²) in [7, 11) is -3.56. The predicted octanol–water partition coefficient (Wildman–Crippen LogP) is 1.79. The molecule has 5 nitrogen and oxygen atoms in total. The Morgan fingerprint density at radius 3 is 2.58 bits per heavy atom. The highest BCUT2D eigenvalue weighted by atomic mass is 32.2. The van der Waals surface area contributed by atoms with Crippen LogP contribution in [0.2, 0.25) is 0 Å². The van der Waals surface area contributed by atoms with E-state index in [1.165, 1.54) is 12.1 Å². The zero-order valence-electron chi connectivity index (χ0n) is 10.6. The van der Waals surface area contributed by atoms with Crippen molar-refractivity contribution in [2.45, 2.75) is 13.3 Å². The second-order valence-corrected chi connectivity index (χ2v) is 6.63. The van der Waals surface area contributed by atoms with Crippen LogP contribution in [-0.2, 0) is 14.8 Å². The van der Waals surface area contributed by atoms with E-state index in [0.717, 1.165) is 18.7 Å². The molecule has 1 fully saturated rings. The van der Waals surface area contributed by atoms with Crippen molar-refractivity contribution in [2.75, 3.05) is 16.3 Å². The summed E-state index contributed by atoms with van der Waals surface area (Å²) in [5.74, 6) is -0.446. The lowest BCUT2D eigenvalue weighted by Gasteiger charge is -2.09. The molecule has 1 saturated carbocycles. The molecular weight excluding hydrogens is 271 g/mol. The summed E-state index contributed by atoms with van der Waals surface area (Å²) in [4.78, 5) is 11.7. The van der Waals surface area contributed by atoms with E-state index in [0.29, 0.717) is 11.6 Å². The standard InChI is InChI=1S/C12H15FN2O3S/c1-7-5-9(7)12(16)14-8-3-4-10(13)11(6-8)15-19(2,17)18/h3-4,6-7,9,15H,5H2,1-2H3,(H,14,16)/t7-,9+/m1/s1. The molecule has 1 aromatic carbocycles. The second-order valence-electron chi connectivity index (χ2n) is 4.88. The predicted molar refractivity (Wildman–Crippen MR) is 70.8 cm³/mol. The maximum Gasteiger partial charge on any atom is 0.229 e. The zero-order valence-corrected chi connectivity index (χ0v) is 11.4. The Bertz CT molecular complexity index is 615. The fourth-order valence-corrected chi connectivity index (χ4v) is 2.36. The van der Waals surface area contributed by atoms with Crippen LogP contribution < -0.4 is 10.0 Å². The Labute approximate surface area is 111 Å². The number of halogens is 1. The Kier molecular flexibility index (Phi) is 3.49. The number of hydrogen-bond acceptors (Lipinski definition) is 3. The number of nitrogens with one attached hydrogen (secondary N) is 2. The molecule has 1 aromatic rings. The van der Waals surface area contributed by atoms with Crippen LogP contribution in [0.15, 0.2) is 18.2 Å². The monoisotopic (exact) mass is 286 g/mol. The highest BCUT2D eigenvalue weighted by Crippen LogP contribution is 2.38. The number of rotatable bonds is 4. The van der Waals surface area contributed by atoms with Gasteiger partial charge in [-0.25, -0.2) is 12.8 Å². The minimum Gasteiger partial charge on any atom is -0.326 e. The number of carbonyl (C=O) groups excluding carboxylic acids is 1. The molecule has 0 unspecified atom stereocenters. The number of sulfonamides is 1. The summed E-state index contributed by atoms with van der Waals surface area (Å²) in [6.07, 6.45) is 1.78. The van der Waals surface area contributed by atoms with Crippen molar-refractivity contribution >= 4 is 27.3 Å². The maximum atomic E-state index is 13.4. The minimum absolute atomic E-state index is 0.00336. The summed E-state index contributed by atoms with van der Waals surface area (Å²) in [6.45, 7) is 1.98. The molecule has 1 aliphatic rings. The van der Waals surface area contributed by atoms with Crippen molar-refractivity contribution in [2.24, 2.45) is 11.8 Å². The summed E-state index contributed by atoms with van der Waals surface area (Å²) in [5.41, 5.74) is 0.195. The third-order valence-electron chi connectivity index (χ3n) is 2.98. The van der Waals surface area contributed by atoms with Crippen molar-refractivity contribution in [1.82, 2.24) is 0 Å². The average Bonchev–Trinajstić information content (AvgIpc) is 2.98. The minimum atomic E-state index is -3.56. The van der Waals surface area contributed by atoms with Gasteiger partial charge in [0.05, 0.1) is 11.9 Å². The molecular formula is C12H15FN2O3S. The van der Waals surface area contributed by atoms with Crippen LogP contribution in [0.25, 0.3) is 0 Å². The van der Waals surface area contributed by atoms with Gasteiger partial charge in [0.25, 0.3) is 0 Å². The lowest BCUT2D eigenvalue weighted by molar-refractivity contribution is -0.117. The maximum absolute atomic E-state index is 13.4. The van der Waals surface area contributed by atoms with Gasteiger partial charge in [0.1, 0.15) is 5.82 Å². The second kappa shape index (κ2) is 4.80. The van der Waals surface area contributed by atoms with Crippen molar-refractivity contribution in [3.05, 3.63) is 24.0 Å². The van der Waals surface area contributed by atoms with Crippen LogP contribution in [0.4, 0.5) is 15.8 Å². The third-order valence-corrected chi connectivity index (χ3v) is 3.57. The van der Waals surface area contributed by atoms with Crippen LogP contribution >= 0.6 is 0 Å². The van der Waals surface area contributed by atoms with Gasteiger partial charge in [-0.1, -0.05) is 6.92 Å². The number of amides is 1. The number of hydrogen-bond donors (Lipinski definition) is 2. The van der Waals surface area contributed by atoms with Gasteiger partial charge in [-0.3, -0.25) is 9.52 Å². The number of benzene rings is 1. The largest absolute Gasteiger partial charge is 0.326 e. The molecule has 1 aliphatic carbocycles. The molecule has 7 heteroatoms. The van der Waals surface area contributed by atoms with E-state index in [4.69, 9.17) is 0 Å². The molecule has 2 rings (SSSR count). The molecule has 2 N–H and O–H groups in total. The molecule has 0 bridgehead atoms. The Morgan fingerprint density at radius 2 is 2.05 bits per heavy atom. The molecule has 0 heterocycles. The van der Waals surface area contributed by atoms with E-state index in [1.54, 1.807) is 0 Å². The lowest BCUT2D eigenvalue weighted by Crippen LogP contribution is -2.15. The zero-order chi connectivity index (χ0) is 14.2. The Balaban J connectivity index is 2.14. The fourth-order valence-electron chi connectivity index (χ4n) is 1.80. The van der Waals surface area contributed by atoms with Crippen LogP contribution in [0.1, 0.15) is 13.3 Å². The number of anilines is 2.